The fourth-order valence-corrected chi connectivity index (χ4v) is 6.90. The third-order valence-corrected chi connectivity index (χ3v) is 9.14. The first-order valence-electron chi connectivity index (χ1n) is 15.3. The summed E-state index contributed by atoms with van der Waals surface area (Å²) in [6.07, 6.45) is 3.06. The Labute approximate surface area is 248 Å². The van der Waals surface area contributed by atoms with E-state index in [1.54, 1.807) is 11.0 Å². The summed E-state index contributed by atoms with van der Waals surface area (Å²) in [5.41, 5.74) is 2.14. The molecule has 3 N–H and O–H groups in total. The number of hydrogen-bond acceptors (Lipinski definition) is 6. The average Bonchev–Trinajstić information content (AvgIpc) is 3.38. The molecule has 3 aliphatic rings. The number of hydrogen-bond donors (Lipinski definition) is 3. The van der Waals surface area contributed by atoms with Gasteiger partial charge in [0.2, 0.25) is 11.8 Å². The highest BCUT2D eigenvalue weighted by atomic mass is 16.5. The zero-order chi connectivity index (χ0) is 29.8. The molecular formula is C34H44N2O6. The highest BCUT2D eigenvalue weighted by molar-refractivity contribution is 5.96. The van der Waals surface area contributed by atoms with E-state index < -0.39 is 24.2 Å². The molecular weight excluding hydrogens is 532 g/mol. The summed E-state index contributed by atoms with van der Waals surface area (Å²) in [5.74, 6) is 0.917. The SMILES string of the molecule is CC1CCC(C(C)C)C(OCC(=O)N(Cc2ccccc2)C2C=C(C(=O)NCCO)C3c4ccccc4OC3C2O)C1. The highest BCUT2D eigenvalue weighted by Gasteiger charge is 2.50. The number of fused-ring (bicyclic) bond motifs is 3. The number of nitrogens with one attached hydrogen (secondary N) is 1. The van der Waals surface area contributed by atoms with E-state index in [2.05, 4.69) is 26.1 Å². The summed E-state index contributed by atoms with van der Waals surface area (Å²) in [5, 5.41) is 23.9. The van der Waals surface area contributed by atoms with Crippen LogP contribution in [0.3, 0.4) is 0 Å². The predicted octanol–water partition coefficient (Wildman–Crippen LogP) is 3.82. The van der Waals surface area contributed by atoms with E-state index in [4.69, 9.17) is 9.47 Å². The largest absolute Gasteiger partial charge is 0.486 e. The Hall–Kier alpha value is -3.20. The first-order chi connectivity index (χ1) is 20.3. The second-order valence-corrected chi connectivity index (χ2v) is 12.4. The van der Waals surface area contributed by atoms with Crippen LogP contribution >= 0.6 is 0 Å². The maximum atomic E-state index is 14.0. The average molecular weight is 577 g/mol. The van der Waals surface area contributed by atoms with Gasteiger partial charge in [-0.25, -0.2) is 0 Å². The summed E-state index contributed by atoms with van der Waals surface area (Å²) < 4.78 is 12.6. The van der Waals surface area contributed by atoms with Crippen LogP contribution in [0.1, 0.15) is 57.1 Å². The van der Waals surface area contributed by atoms with E-state index in [0.29, 0.717) is 29.1 Å². The molecule has 0 radical (unpaired) electrons. The third kappa shape index (κ3) is 6.41. The van der Waals surface area contributed by atoms with E-state index in [1.807, 2.05) is 54.6 Å². The fraction of sp³-hybridized carbons (Fsp3) is 0.529. The molecule has 2 aromatic carbocycles. The molecule has 1 aliphatic heterocycles. The molecule has 42 heavy (non-hydrogen) atoms. The van der Waals surface area contributed by atoms with Gasteiger partial charge in [-0.05, 0) is 48.3 Å². The van der Waals surface area contributed by atoms with Gasteiger partial charge in [0.25, 0.3) is 0 Å². The lowest BCUT2D eigenvalue weighted by Crippen LogP contribution is -2.56. The fourth-order valence-electron chi connectivity index (χ4n) is 6.90. The zero-order valence-corrected chi connectivity index (χ0v) is 24.8. The molecule has 1 heterocycles. The molecule has 2 aromatic rings. The number of aliphatic hydroxyl groups excluding tert-OH is 2. The van der Waals surface area contributed by atoms with Crippen LogP contribution in [0.25, 0.3) is 0 Å². The molecule has 8 nitrogen and oxygen atoms in total. The van der Waals surface area contributed by atoms with Crippen molar-refractivity contribution in [2.24, 2.45) is 17.8 Å². The van der Waals surface area contributed by atoms with Gasteiger partial charge >= 0.3 is 0 Å². The molecule has 7 unspecified atom stereocenters. The van der Waals surface area contributed by atoms with Crippen molar-refractivity contribution in [2.45, 2.75) is 76.9 Å². The first kappa shape index (κ1) is 30.3. The maximum Gasteiger partial charge on any atom is 0.249 e. The minimum absolute atomic E-state index is 0.0000350. The number of nitrogens with zero attached hydrogens (tertiary/aromatic N) is 1. The molecule has 0 aromatic heterocycles. The van der Waals surface area contributed by atoms with Crippen LogP contribution in [0.4, 0.5) is 0 Å². The van der Waals surface area contributed by atoms with Crippen molar-refractivity contribution in [1.29, 1.82) is 0 Å². The standard InChI is InChI=1S/C34H44N2O6/c1-21(2)24-14-13-22(3)17-29(24)41-20-30(38)36(19-23-9-5-4-6-10-23)27-18-26(34(40)35-15-16-37)31-25-11-7-8-12-28(25)42-33(31)32(27)39/h4-12,18,21-22,24,27,29,31-33,37,39H,13-17,19-20H2,1-3H3,(H,35,40). The van der Waals surface area contributed by atoms with Crippen molar-refractivity contribution in [3.63, 3.8) is 0 Å². The van der Waals surface area contributed by atoms with Crippen LogP contribution in [0, 0.1) is 17.8 Å². The number of para-hydroxylation sites is 1. The quantitative estimate of drug-likeness (QED) is 0.397. The van der Waals surface area contributed by atoms with Gasteiger partial charge in [0.05, 0.1) is 24.7 Å². The Morgan fingerprint density at radius 2 is 1.83 bits per heavy atom. The molecule has 5 rings (SSSR count). The van der Waals surface area contributed by atoms with Crippen LogP contribution in [0.5, 0.6) is 5.75 Å². The Morgan fingerprint density at radius 3 is 2.57 bits per heavy atom. The molecule has 1 saturated carbocycles. The van der Waals surface area contributed by atoms with Gasteiger partial charge in [0, 0.05) is 24.2 Å². The summed E-state index contributed by atoms with van der Waals surface area (Å²) in [6, 6.07) is 16.3. The van der Waals surface area contributed by atoms with Crippen molar-refractivity contribution < 1.29 is 29.3 Å². The van der Waals surface area contributed by atoms with E-state index in [-0.39, 0.29) is 44.2 Å². The van der Waals surface area contributed by atoms with Gasteiger partial charge in [-0.1, -0.05) is 75.7 Å². The van der Waals surface area contributed by atoms with Crippen LogP contribution in [-0.4, -0.2) is 71.0 Å². The number of carbonyl (C=O) groups is 2. The molecule has 0 spiro atoms. The number of carbonyl (C=O) groups excluding carboxylic acids is 2. The molecule has 1 fully saturated rings. The predicted molar refractivity (Wildman–Crippen MR) is 160 cm³/mol. The van der Waals surface area contributed by atoms with E-state index in [1.165, 1.54) is 6.42 Å². The van der Waals surface area contributed by atoms with Gasteiger partial charge < -0.3 is 29.9 Å². The summed E-state index contributed by atoms with van der Waals surface area (Å²) >= 11 is 0. The van der Waals surface area contributed by atoms with Crippen molar-refractivity contribution >= 4 is 11.8 Å². The van der Waals surface area contributed by atoms with E-state index in [0.717, 1.165) is 24.0 Å². The normalized spacial score (nSPS) is 28.3. The monoisotopic (exact) mass is 576 g/mol. The van der Waals surface area contributed by atoms with Gasteiger partial charge in [0.15, 0.2) is 0 Å². The second kappa shape index (κ2) is 13.4. The molecule has 7 atom stereocenters. The van der Waals surface area contributed by atoms with E-state index >= 15 is 0 Å². The zero-order valence-electron chi connectivity index (χ0n) is 24.8. The smallest absolute Gasteiger partial charge is 0.249 e. The van der Waals surface area contributed by atoms with E-state index in [9.17, 15) is 19.8 Å². The van der Waals surface area contributed by atoms with Crippen molar-refractivity contribution in [1.82, 2.24) is 10.2 Å². The van der Waals surface area contributed by atoms with Crippen LogP contribution < -0.4 is 10.1 Å². The third-order valence-electron chi connectivity index (χ3n) is 9.14. The summed E-state index contributed by atoms with van der Waals surface area (Å²) in [6.45, 7) is 6.70. The van der Waals surface area contributed by atoms with Crippen molar-refractivity contribution in [2.75, 3.05) is 19.8 Å². The molecule has 2 aliphatic carbocycles. The van der Waals surface area contributed by atoms with Crippen LogP contribution in [0.15, 0.2) is 66.2 Å². The number of aliphatic hydroxyl groups is 2. The lowest BCUT2D eigenvalue weighted by atomic mass is 9.75. The highest BCUT2D eigenvalue weighted by Crippen LogP contribution is 2.47. The summed E-state index contributed by atoms with van der Waals surface area (Å²) in [4.78, 5) is 29.1. The number of rotatable bonds is 10. The Morgan fingerprint density at radius 1 is 1.10 bits per heavy atom. The second-order valence-electron chi connectivity index (χ2n) is 12.4. The lowest BCUT2D eigenvalue weighted by Gasteiger charge is -2.41. The Kier molecular flexibility index (Phi) is 9.66. The molecule has 0 bridgehead atoms. The number of amides is 2. The Balaban J connectivity index is 1.46. The molecule has 8 heteroatoms. The van der Waals surface area contributed by atoms with Gasteiger partial charge in [0.1, 0.15) is 24.6 Å². The van der Waals surface area contributed by atoms with Gasteiger partial charge in [-0.3, -0.25) is 9.59 Å². The lowest BCUT2D eigenvalue weighted by molar-refractivity contribution is -0.148. The summed E-state index contributed by atoms with van der Waals surface area (Å²) in [7, 11) is 0. The van der Waals surface area contributed by atoms with Crippen LogP contribution in [0.2, 0.25) is 0 Å². The van der Waals surface area contributed by atoms with Crippen molar-refractivity contribution in [3.05, 3.63) is 77.4 Å². The topological polar surface area (TPSA) is 108 Å². The minimum atomic E-state index is -1.08. The molecule has 226 valence electrons. The minimum Gasteiger partial charge on any atom is -0.486 e. The molecule has 0 saturated heterocycles. The van der Waals surface area contributed by atoms with Gasteiger partial charge in [-0.2, -0.15) is 0 Å². The first-order valence-corrected chi connectivity index (χ1v) is 15.3. The Bertz CT molecular complexity index is 1260. The van der Waals surface area contributed by atoms with Gasteiger partial charge in [-0.15, -0.1) is 0 Å². The number of ether oxygens (including phenoxy) is 2. The molecule has 2 amide bonds. The van der Waals surface area contributed by atoms with Crippen LogP contribution in [-0.2, 0) is 20.9 Å². The van der Waals surface area contributed by atoms with Crippen molar-refractivity contribution in [3.8, 4) is 5.75 Å². The maximum absolute atomic E-state index is 14.0. The number of benzene rings is 2.